The van der Waals surface area contributed by atoms with E-state index in [0.29, 0.717) is 23.1 Å². The monoisotopic (exact) mass is 532 g/mol. The molecule has 0 aromatic heterocycles. The fourth-order valence-electron chi connectivity index (χ4n) is 3.77. The predicted octanol–water partition coefficient (Wildman–Crippen LogP) is 6.93. The third-order valence-electron chi connectivity index (χ3n) is 5.42. The second-order valence-corrected chi connectivity index (χ2v) is 9.06. The Hall–Kier alpha value is -3.61. The Balaban J connectivity index is 1.31. The summed E-state index contributed by atoms with van der Waals surface area (Å²) in [6.45, 7) is 0.424. The van der Waals surface area contributed by atoms with Gasteiger partial charge in [0.2, 0.25) is 0 Å². The van der Waals surface area contributed by atoms with Crippen LogP contribution in [-0.4, -0.2) is 11.9 Å². The average Bonchev–Trinajstić information content (AvgIpc) is 3.11. The molecule has 7 heteroatoms. The van der Waals surface area contributed by atoms with Gasteiger partial charge in [-0.1, -0.05) is 60.1 Å². The fourth-order valence-corrected chi connectivity index (χ4v) is 4.46. The SMILES string of the molecule is O=C1N/C(=C/c2ccc(OCc3ccc4ccccc4c3)c(Br)c2)C(=O)N1c1cccc(Cl)c1. The number of hydrogen-bond donors (Lipinski definition) is 1. The van der Waals surface area contributed by atoms with E-state index in [1.54, 1.807) is 30.3 Å². The number of imide groups is 1. The molecule has 0 spiro atoms. The normalized spacial score (nSPS) is 14.6. The van der Waals surface area contributed by atoms with Gasteiger partial charge in [0.05, 0.1) is 10.2 Å². The zero-order valence-corrected chi connectivity index (χ0v) is 20.1. The van der Waals surface area contributed by atoms with Crippen LogP contribution in [0.5, 0.6) is 5.75 Å². The van der Waals surface area contributed by atoms with Crippen LogP contribution in [0.4, 0.5) is 10.5 Å². The lowest BCUT2D eigenvalue weighted by Crippen LogP contribution is -2.30. The Morgan fingerprint density at radius 3 is 2.53 bits per heavy atom. The Bertz CT molecular complexity index is 1470. The lowest BCUT2D eigenvalue weighted by molar-refractivity contribution is -0.113. The van der Waals surface area contributed by atoms with Crippen LogP contribution in [-0.2, 0) is 11.4 Å². The summed E-state index contributed by atoms with van der Waals surface area (Å²) in [5, 5.41) is 5.42. The summed E-state index contributed by atoms with van der Waals surface area (Å²) >= 11 is 9.55. The van der Waals surface area contributed by atoms with Crippen molar-refractivity contribution < 1.29 is 14.3 Å². The summed E-state index contributed by atoms with van der Waals surface area (Å²) in [4.78, 5) is 26.3. The van der Waals surface area contributed by atoms with Crippen molar-refractivity contribution in [2.45, 2.75) is 6.61 Å². The number of halogens is 2. The first kappa shape index (κ1) is 22.2. The van der Waals surface area contributed by atoms with E-state index < -0.39 is 11.9 Å². The molecule has 0 saturated carbocycles. The second kappa shape index (κ2) is 9.33. The van der Waals surface area contributed by atoms with Gasteiger partial charge in [-0.05, 0) is 80.3 Å². The van der Waals surface area contributed by atoms with Crippen LogP contribution in [0.25, 0.3) is 16.8 Å². The van der Waals surface area contributed by atoms with Crippen LogP contribution in [0.15, 0.2) is 95.1 Å². The molecule has 0 unspecified atom stereocenters. The highest BCUT2D eigenvalue weighted by molar-refractivity contribution is 9.10. The Morgan fingerprint density at radius 2 is 1.74 bits per heavy atom. The fraction of sp³-hybridized carbons (Fsp3) is 0.0370. The van der Waals surface area contributed by atoms with Gasteiger partial charge < -0.3 is 10.1 Å². The molecule has 1 aliphatic heterocycles. The molecule has 1 N–H and O–H groups in total. The summed E-state index contributed by atoms with van der Waals surface area (Å²) in [5.74, 6) is 0.234. The average molecular weight is 534 g/mol. The summed E-state index contributed by atoms with van der Waals surface area (Å²) in [6.07, 6.45) is 1.63. The maximum atomic E-state index is 12.8. The number of benzene rings is 4. The number of nitrogens with one attached hydrogen (secondary N) is 1. The van der Waals surface area contributed by atoms with E-state index in [1.165, 1.54) is 10.8 Å². The molecule has 34 heavy (non-hydrogen) atoms. The topological polar surface area (TPSA) is 58.6 Å². The third-order valence-corrected chi connectivity index (χ3v) is 6.27. The predicted molar refractivity (Wildman–Crippen MR) is 138 cm³/mol. The molecule has 3 amide bonds. The molecule has 1 fully saturated rings. The quantitative estimate of drug-likeness (QED) is 0.223. The number of fused-ring (bicyclic) bond motifs is 1. The zero-order chi connectivity index (χ0) is 23.7. The first-order valence-electron chi connectivity index (χ1n) is 10.5. The smallest absolute Gasteiger partial charge is 0.333 e. The number of nitrogens with zero attached hydrogens (tertiary/aromatic N) is 1. The number of carbonyl (C=O) groups excluding carboxylic acids is 2. The van der Waals surface area contributed by atoms with E-state index >= 15 is 0 Å². The van der Waals surface area contributed by atoms with Crippen molar-refractivity contribution in [3.05, 3.63) is 111 Å². The summed E-state index contributed by atoms with van der Waals surface area (Å²) in [5.41, 5.74) is 2.40. The van der Waals surface area contributed by atoms with Crippen molar-refractivity contribution in [3.8, 4) is 5.75 Å². The molecule has 0 aliphatic carbocycles. The molecular formula is C27H18BrClN2O3. The molecule has 5 rings (SSSR count). The lowest BCUT2D eigenvalue weighted by Gasteiger charge is -2.11. The van der Waals surface area contributed by atoms with Crippen molar-refractivity contribution in [2.75, 3.05) is 4.90 Å². The van der Waals surface area contributed by atoms with Gasteiger partial charge in [0.1, 0.15) is 18.1 Å². The van der Waals surface area contributed by atoms with Crippen LogP contribution in [0, 0.1) is 0 Å². The van der Waals surface area contributed by atoms with Gasteiger partial charge in [-0.25, -0.2) is 9.69 Å². The van der Waals surface area contributed by atoms with Gasteiger partial charge in [0, 0.05) is 5.02 Å². The van der Waals surface area contributed by atoms with Gasteiger partial charge in [-0.3, -0.25) is 4.79 Å². The van der Waals surface area contributed by atoms with E-state index in [-0.39, 0.29) is 5.70 Å². The number of anilines is 1. The van der Waals surface area contributed by atoms with Crippen LogP contribution in [0.1, 0.15) is 11.1 Å². The molecule has 0 bridgehead atoms. The Kier molecular flexibility index (Phi) is 6.09. The zero-order valence-electron chi connectivity index (χ0n) is 17.8. The van der Waals surface area contributed by atoms with E-state index in [9.17, 15) is 9.59 Å². The molecule has 168 valence electrons. The summed E-state index contributed by atoms with van der Waals surface area (Å²) < 4.78 is 6.74. The maximum absolute atomic E-state index is 12.8. The Labute approximate surface area is 209 Å². The van der Waals surface area contributed by atoms with Crippen molar-refractivity contribution >= 4 is 62.0 Å². The van der Waals surface area contributed by atoms with Gasteiger partial charge in [-0.2, -0.15) is 0 Å². The van der Waals surface area contributed by atoms with Crippen LogP contribution < -0.4 is 15.0 Å². The van der Waals surface area contributed by atoms with E-state index in [0.717, 1.165) is 20.5 Å². The molecule has 4 aromatic rings. The number of ether oxygens (including phenoxy) is 1. The Morgan fingerprint density at radius 1 is 0.912 bits per heavy atom. The third kappa shape index (κ3) is 4.55. The van der Waals surface area contributed by atoms with E-state index in [2.05, 4.69) is 51.6 Å². The number of rotatable bonds is 5. The minimum atomic E-state index is -0.520. The standard InChI is InChI=1S/C27H18BrClN2O3/c28-23-13-17(14-24-26(32)31(27(33)30-24)22-7-3-6-21(29)15-22)9-11-25(23)34-16-18-8-10-19-4-1-2-5-20(19)12-18/h1-15H,16H2,(H,30,33)/b24-14+. The number of hydrogen-bond acceptors (Lipinski definition) is 3. The van der Waals surface area contributed by atoms with Gasteiger partial charge in [-0.15, -0.1) is 0 Å². The molecule has 1 aliphatic rings. The molecule has 1 saturated heterocycles. The van der Waals surface area contributed by atoms with E-state index in [1.807, 2.05) is 30.3 Å². The second-order valence-electron chi connectivity index (χ2n) is 7.77. The van der Waals surface area contributed by atoms with Crippen molar-refractivity contribution in [1.29, 1.82) is 0 Å². The summed E-state index contributed by atoms with van der Waals surface area (Å²) in [6, 6.07) is 26.0. The molecular weight excluding hydrogens is 516 g/mol. The highest BCUT2D eigenvalue weighted by atomic mass is 79.9. The molecule has 4 aromatic carbocycles. The van der Waals surface area contributed by atoms with Crippen molar-refractivity contribution in [2.24, 2.45) is 0 Å². The van der Waals surface area contributed by atoms with Gasteiger partial charge in [0.15, 0.2) is 0 Å². The maximum Gasteiger partial charge on any atom is 0.333 e. The molecule has 1 heterocycles. The van der Waals surface area contributed by atoms with Crippen LogP contribution in [0.2, 0.25) is 5.02 Å². The minimum absolute atomic E-state index is 0.182. The molecule has 0 radical (unpaired) electrons. The highest BCUT2D eigenvalue weighted by Gasteiger charge is 2.34. The number of carbonyl (C=O) groups is 2. The molecule has 0 atom stereocenters. The minimum Gasteiger partial charge on any atom is -0.488 e. The van der Waals surface area contributed by atoms with Crippen molar-refractivity contribution in [3.63, 3.8) is 0 Å². The van der Waals surface area contributed by atoms with Crippen LogP contribution in [0.3, 0.4) is 0 Å². The first-order chi connectivity index (χ1) is 16.5. The summed E-state index contributed by atoms with van der Waals surface area (Å²) in [7, 11) is 0. The van der Waals surface area contributed by atoms with E-state index in [4.69, 9.17) is 16.3 Å². The van der Waals surface area contributed by atoms with Gasteiger partial charge >= 0.3 is 6.03 Å². The van der Waals surface area contributed by atoms with Gasteiger partial charge in [0.25, 0.3) is 5.91 Å². The number of amides is 3. The largest absolute Gasteiger partial charge is 0.488 e. The highest BCUT2D eigenvalue weighted by Crippen LogP contribution is 2.29. The first-order valence-corrected chi connectivity index (χ1v) is 11.7. The number of urea groups is 1. The lowest BCUT2D eigenvalue weighted by atomic mass is 10.1. The molecule has 5 nitrogen and oxygen atoms in total. The van der Waals surface area contributed by atoms with Crippen molar-refractivity contribution in [1.82, 2.24) is 5.32 Å². The van der Waals surface area contributed by atoms with Crippen LogP contribution >= 0.6 is 27.5 Å².